The molecule has 0 aliphatic carbocycles. The standard InChI is InChI=1S/C22H19N3O4/c1-2-29-18-13-11-16(12-14-18)24-21(15-7-9-17(10-8-15)25(27)28)23-20-6-4-3-5-19(20)22(24)26/h3-14,21,23H,2H2,1H3/t21-/m1/s1. The van der Waals surface area contributed by atoms with Crippen molar-refractivity contribution < 1.29 is 14.5 Å². The predicted molar refractivity (Wildman–Crippen MR) is 110 cm³/mol. The summed E-state index contributed by atoms with van der Waals surface area (Å²) >= 11 is 0. The van der Waals surface area contributed by atoms with Gasteiger partial charge in [-0.15, -0.1) is 0 Å². The van der Waals surface area contributed by atoms with Crippen LogP contribution in [0.5, 0.6) is 5.75 Å². The lowest BCUT2D eigenvalue weighted by atomic mass is 10.0. The topological polar surface area (TPSA) is 84.7 Å². The van der Waals surface area contributed by atoms with Crippen LogP contribution in [0.4, 0.5) is 17.1 Å². The zero-order valence-corrected chi connectivity index (χ0v) is 15.7. The van der Waals surface area contributed by atoms with Gasteiger partial charge in [0.25, 0.3) is 11.6 Å². The molecule has 29 heavy (non-hydrogen) atoms. The van der Waals surface area contributed by atoms with E-state index in [0.717, 1.165) is 17.0 Å². The van der Waals surface area contributed by atoms with E-state index in [0.29, 0.717) is 17.9 Å². The Labute approximate surface area is 167 Å². The highest BCUT2D eigenvalue weighted by molar-refractivity contribution is 6.12. The van der Waals surface area contributed by atoms with Crippen molar-refractivity contribution in [1.82, 2.24) is 0 Å². The molecule has 0 bridgehead atoms. The minimum absolute atomic E-state index is 0.00361. The van der Waals surface area contributed by atoms with Crippen molar-refractivity contribution in [1.29, 1.82) is 0 Å². The second-order valence-corrected chi connectivity index (χ2v) is 6.54. The van der Waals surface area contributed by atoms with Crippen LogP contribution in [0.15, 0.2) is 72.8 Å². The Morgan fingerprint density at radius 1 is 1.03 bits per heavy atom. The molecule has 7 heteroatoms. The van der Waals surface area contributed by atoms with Gasteiger partial charge in [0.05, 0.1) is 17.1 Å². The van der Waals surface area contributed by atoms with Crippen LogP contribution in [0.1, 0.15) is 29.0 Å². The molecule has 1 aliphatic heterocycles. The molecule has 1 heterocycles. The molecule has 1 atom stereocenters. The Balaban J connectivity index is 1.77. The first-order chi connectivity index (χ1) is 14.1. The first-order valence-corrected chi connectivity index (χ1v) is 9.25. The van der Waals surface area contributed by atoms with E-state index in [9.17, 15) is 14.9 Å². The molecule has 0 spiro atoms. The minimum atomic E-state index is -0.504. The van der Waals surface area contributed by atoms with Gasteiger partial charge in [-0.2, -0.15) is 0 Å². The van der Waals surface area contributed by atoms with Crippen molar-refractivity contribution in [2.75, 3.05) is 16.8 Å². The van der Waals surface area contributed by atoms with Crippen LogP contribution in [0.3, 0.4) is 0 Å². The number of hydrogen-bond donors (Lipinski definition) is 1. The first kappa shape index (κ1) is 18.5. The number of ether oxygens (including phenoxy) is 1. The van der Waals surface area contributed by atoms with E-state index in [4.69, 9.17) is 4.74 Å². The van der Waals surface area contributed by atoms with Crippen LogP contribution in [-0.2, 0) is 0 Å². The maximum absolute atomic E-state index is 13.3. The third-order valence-electron chi connectivity index (χ3n) is 4.77. The van der Waals surface area contributed by atoms with Crippen molar-refractivity contribution in [3.05, 3.63) is 94.0 Å². The van der Waals surface area contributed by atoms with Crippen molar-refractivity contribution in [3.8, 4) is 5.75 Å². The van der Waals surface area contributed by atoms with Gasteiger partial charge in [-0.3, -0.25) is 19.8 Å². The van der Waals surface area contributed by atoms with E-state index in [-0.39, 0.29) is 11.6 Å². The van der Waals surface area contributed by atoms with E-state index in [1.807, 2.05) is 49.4 Å². The number of carbonyl (C=O) groups is 1. The molecule has 4 rings (SSSR count). The Bertz CT molecular complexity index is 1050. The van der Waals surface area contributed by atoms with Crippen LogP contribution >= 0.6 is 0 Å². The third-order valence-corrected chi connectivity index (χ3v) is 4.77. The molecule has 0 saturated heterocycles. The van der Waals surface area contributed by atoms with Gasteiger partial charge < -0.3 is 10.1 Å². The average Bonchev–Trinajstić information content (AvgIpc) is 2.75. The van der Waals surface area contributed by atoms with Crippen LogP contribution in [0.2, 0.25) is 0 Å². The largest absolute Gasteiger partial charge is 0.494 e. The van der Waals surface area contributed by atoms with Crippen molar-refractivity contribution >= 4 is 23.0 Å². The van der Waals surface area contributed by atoms with E-state index >= 15 is 0 Å². The molecule has 0 saturated carbocycles. The van der Waals surface area contributed by atoms with Gasteiger partial charge in [0, 0.05) is 23.5 Å². The van der Waals surface area contributed by atoms with Gasteiger partial charge in [0.1, 0.15) is 11.9 Å². The quantitative estimate of drug-likeness (QED) is 0.502. The highest BCUT2D eigenvalue weighted by atomic mass is 16.6. The molecule has 0 unspecified atom stereocenters. The maximum Gasteiger partial charge on any atom is 0.269 e. The van der Waals surface area contributed by atoms with Gasteiger partial charge >= 0.3 is 0 Å². The molecule has 1 amide bonds. The van der Waals surface area contributed by atoms with Crippen molar-refractivity contribution in [2.45, 2.75) is 13.1 Å². The fourth-order valence-electron chi connectivity index (χ4n) is 3.40. The number of non-ortho nitro benzene ring substituents is 1. The van der Waals surface area contributed by atoms with E-state index in [1.54, 1.807) is 23.1 Å². The molecule has 1 N–H and O–H groups in total. The molecule has 0 aromatic heterocycles. The zero-order valence-electron chi connectivity index (χ0n) is 15.7. The second kappa shape index (κ2) is 7.63. The van der Waals surface area contributed by atoms with Crippen LogP contribution in [-0.4, -0.2) is 17.4 Å². The Kier molecular flexibility index (Phi) is 4.87. The smallest absolute Gasteiger partial charge is 0.269 e. The molecular weight excluding hydrogens is 370 g/mol. The van der Waals surface area contributed by atoms with Gasteiger partial charge in [-0.05, 0) is 61.0 Å². The van der Waals surface area contributed by atoms with E-state index in [1.165, 1.54) is 12.1 Å². The summed E-state index contributed by atoms with van der Waals surface area (Å²) in [6, 6.07) is 20.8. The van der Waals surface area contributed by atoms with Gasteiger partial charge in [0.2, 0.25) is 0 Å². The molecule has 3 aromatic carbocycles. The SMILES string of the molecule is CCOc1ccc(N2C(=O)c3ccccc3N[C@H]2c2ccc([N+](=O)[O-])cc2)cc1. The highest BCUT2D eigenvalue weighted by Gasteiger charge is 2.34. The second-order valence-electron chi connectivity index (χ2n) is 6.54. The van der Waals surface area contributed by atoms with Crippen molar-refractivity contribution in [3.63, 3.8) is 0 Å². The summed E-state index contributed by atoms with van der Waals surface area (Å²) in [4.78, 5) is 25.5. The Hall–Kier alpha value is -3.87. The zero-order chi connectivity index (χ0) is 20.4. The molecule has 0 fully saturated rings. The van der Waals surface area contributed by atoms with Crippen LogP contribution in [0, 0.1) is 10.1 Å². The molecular formula is C22H19N3O4. The van der Waals surface area contributed by atoms with E-state index < -0.39 is 11.1 Å². The third kappa shape index (κ3) is 3.50. The lowest BCUT2D eigenvalue weighted by molar-refractivity contribution is -0.384. The minimum Gasteiger partial charge on any atom is -0.494 e. The summed E-state index contributed by atoms with van der Waals surface area (Å²) < 4.78 is 5.50. The first-order valence-electron chi connectivity index (χ1n) is 9.25. The number of nitrogens with one attached hydrogen (secondary N) is 1. The number of carbonyl (C=O) groups excluding carboxylic acids is 1. The summed E-state index contributed by atoms with van der Waals surface area (Å²) in [5.41, 5.74) is 2.74. The molecule has 7 nitrogen and oxygen atoms in total. The predicted octanol–water partition coefficient (Wildman–Crippen LogP) is 4.76. The fourth-order valence-corrected chi connectivity index (χ4v) is 3.40. The number of amides is 1. The molecule has 146 valence electrons. The van der Waals surface area contributed by atoms with Gasteiger partial charge in [-0.1, -0.05) is 12.1 Å². The summed E-state index contributed by atoms with van der Waals surface area (Å²) in [6.45, 7) is 2.47. The number of fused-ring (bicyclic) bond motifs is 1. The lowest BCUT2D eigenvalue weighted by Gasteiger charge is -2.38. The van der Waals surface area contributed by atoms with Gasteiger partial charge in [-0.25, -0.2) is 0 Å². The summed E-state index contributed by atoms with van der Waals surface area (Å²) in [5, 5.41) is 14.4. The summed E-state index contributed by atoms with van der Waals surface area (Å²) in [7, 11) is 0. The van der Waals surface area contributed by atoms with E-state index in [2.05, 4.69) is 5.32 Å². The van der Waals surface area contributed by atoms with Crippen LogP contribution < -0.4 is 15.0 Å². The number of nitro groups is 1. The molecule has 1 aliphatic rings. The number of para-hydroxylation sites is 1. The molecule has 0 radical (unpaired) electrons. The van der Waals surface area contributed by atoms with Crippen molar-refractivity contribution in [2.24, 2.45) is 0 Å². The fraction of sp³-hybridized carbons (Fsp3) is 0.136. The number of hydrogen-bond acceptors (Lipinski definition) is 5. The summed E-state index contributed by atoms with van der Waals surface area (Å²) in [6.07, 6.45) is -0.504. The summed E-state index contributed by atoms with van der Waals surface area (Å²) in [5.74, 6) is 0.577. The number of anilines is 2. The number of benzene rings is 3. The lowest BCUT2D eigenvalue weighted by Crippen LogP contribution is -2.43. The Morgan fingerprint density at radius 3 is 2.38 bits per heavy atom. The number of rotatable bonds is 5. The van der Waals surface area contributed by atoms with Gasteiger partial charge in [0.15, 0.2) is 0 Å². The Morgan fingerprint density at radius 2 is 1.72 bits per heavy atom. The number of nitro benzene ring substituents is 1. The highest BCUT2D eigenvalue weighted by Crippen LogP contribution is 2.37. The molecule has 3 aromatic rings. The normalized spacial score (nSPS) is 15.4. The number of nitrogens with zero attached hydrogens (tertiary/aromatic N) is 2. The average molecular weight is 389 g/mol. The van der Waals surface area contributed by atoms with Crippen LogP contribution in [0.25, 0.3) is 0 Å². The monoisotopic (exact) mass is 389 g/mol. The maximum atomic E-state index is 13.3.